The van der Waals surface area contributed by atoms with E-state index in [9.17, 15) is 9.18 Å². The van der Waals surface area contributed by atoms with Gasteiger partial charge in [-0.05, 0) is 30.5 Å². The quantitative estimate of drug-likeness (QED) is 0.665. The Labute approximate surface area is 173 Å². The van der Waals surface area contributed by atoms with Gasteiger partial charge in [0.25, 0.3) is 0 Å². The molecule has 0 aliphatic carbocycles. The van der Waals surface area contributed by atoms with Crippen LogP contribution >= 0.6 is 23.2 Å². The van der Waals surface area contributed by atoms with Gasteiger partial charge in [0.2, 0.25) is 5.91 Å². The fourth-order valence-corrected chi connectivity index (χ4v) is 3.56. The lowest BCUT2D eigenvalue weighted by Crippen LogP contribution is -2.41. The van der Waals surface area contributed by atoms with E-state index in [0.717, 1.165) is 6.42 Å². The summed E-state index contributed by atoms with van der Waals surface area (Å²) >= 11 is 12.6. The van der Waals surface area contributed by atoms with Crippen molar-refractivity contribution in [2.45, 2.75) is 32.8 Å². The smallest absolute Gasteiger partial charge is 0.220 e. The van der Waals surface area contributed by atoms with Gasteiger partial charge in [-0.15, -0.1) is 0 Å². The Hall–Kier alpha value is -1.98. The van der Waals surface area contributed by atoms with Gasteiger partial charge >= 0.3 is 0 Å². The molecule has 4 nitrogen and oxygen atoms in total. The van der Waals surface area contributed by atoms with Gasteiger partial charge in [-0.1, -0.05) is 43.1 Å². The molecule has 2 aromatic rings. The number of hydrogen-bond donors (Lipinski definition) is 1. The molecule has 1 aliphatic heterocycles. The summed E-state index contributed by atoms with van der Waals surface area (Å²) in [6.45, 7) is 4.64. The van der Waals surface area contributed by atoms with E-state index in [1.807, 2.05) is 0 Å². The number of fused-ring (bicyclic) bond motifs is 1. The van der Waals surface area contributed by atoms with E-state index in [-0.39, 0.29) is 18.3 Å². The summed E-state index contributed by atoms with van der Waals surface area (Å²) in [6, 6.07) is 7.65. The van der Waals surface area contributed by atoms with E-state index < -0.39 is 11.9 Å². The second-order valence-corrected chi connectivity index (χ2v) is 7.98. The van der Waals surface area contributed by atoms with Gasteiger partial charge in [0, 0.05) is 23.6 Å². The molecule has 3 rings (SSSR count). The maximum atomic E-state index is 14.1. The van der Waals surface area contributed by atoms with E-state index in [2.05, 4.69) is 19.2 Å². The maximum Gasteiger partial charge on any atom is 0.220 e. The molecule has 0 bridgehead atoms. The predicted molar refractivity (Wildman–Crippen MR) is 109 cm³/mol. The van der Waals surface area contributed by atoms with Crippen LogP contribution in [0.2, 0.25) is 10.0 Å². The zero-order valence-corrected chi connectivity index (χ0v) is 17.2. The van der Waals surface area contributed by atoms with Gasteiger partial charge in [0.1, 0.15) is 18.5 Å². The second-order valence-electron chi connectivity index (χ2n) is 7.16. The van der Waals surface area contributed by atoms with Crippen molar-refractivity contribution in [1.82, 2.24) is 5.32 Å². The first-order valence-corrected chi connectivity index (χ1v) is 9.94. The van der Waals surface area contributed by atoms with Gasteiger partial charge in [0.15, 0.2) is 11.5 Å². The Morgan fingerprint density at radius 2 is 2.00 bits per heavy atom. The van der Waals surface area contributed by atoms with Crippen LogP contribution in [-0.4, -0.2) is 25.2 Å². The summed E-state index contributed by atoms with van der Waals surface area (Å²) in [4.78, 5) is 12.0. The van der Waals surface area contributed by atoms with Gasteiger partial charge in [-0.2, -0.15) is 0 Å². The van der Waals surface area contributed by atoms with E-state index in [0.29, 0.717) is 45.8 Å². The molecule has 0 saturated heterocycles. The van der Waals surface area contributed by atoms with E-state index in [1.165, 1.54) is 12.1 Å². The molecule has 0 fully saturated rings. The van der Waals surface area contributed by atoms with Crippen molar-refractivity contribution < 1.29 is 18.7 Å². The van der Waals surface area contributed by atoms with Crippen LogP contribution in [0.3, 0.4) is 0 Å². The third-order valence-electron chi connectivity index (χ3n) is 4.44. The molecule has 150 valence electrons. The molecule has 1 heterocycles. The van der Waals surface area contributed by atoms with Crippen molar-refractivity contribution >= 4 is 29.1 Å². The Bertz CT molecular complexity index is 853. The SMILES string of the molecule is CC(C)CCC(=O)NCC1COc2cc(F)cc(-c3c(Cl)cccc3Cl)c2O1. The average Bonchev–Trinajstić information content (AvgIpc) is 2.64. The Morgan fingerprint density at radius 3 is 2.68 bits per heavy atom. The number of amides is 1. The first-order chi connectivity index (χ1) is 13.3. The molecular weight excluding hydrogens is 404 g/mol. The lowest BCUT2D eigenvalue weighted by atomic mass is 10.0. The van der Waals surface area contributed by atoms with Crippen molar-refractivity contribution in [1.29, 1.82) is 0 Å². The zero-order valence-electron chi connectivity index (χ0n) is 15.7. The molecule has 0 saturated carbocycles. The molecular formula is C21H22Cl2FNO3. The van der Waals surface area contributed by atoms with Crippen molar-refractivity contribution in [3.63, 3.8) is 0 Å². The molecule has 28 heavy (non-hydrogen) atoms. The lowest BCUT2D eigenvalue weighted by Gasteiger charge is -2.29. The molecule has 0 spiro atoms. The number of nitrogens with one attached hydrogen (secondary N) is 1. The zero-order chi connectivity index (χ0) is 20.3. The van der Waals surface area contributed by atoms with E-state index in [1.54, 1.807) is 18.2 Å². The minimum atomic E-state index is -0.478. The largest absolute Gasteiger partial charge is 0.486 e. The third kappa shape index (κ3) is 4.89. The molecule has 7 heteroatoms. The van der Waals surface area contributed by atoms with Crippen molar-refractivity contribution in [3.8, 4) is 22.6 Å². The monoisotopic (exact) mass is 425 g/mol. The van der Waals surface area contributed by atoms with Crippen LogP contribution in [-0.2, 0) is 4.79 Å². The number of benzene rings is 2. The summed E-state index contributed by atoms with van der Waals surface area (Å²) in [6.07, 6.45) is 0.888. The Kier molecular flexibility index (Phi) is 6.68. The topological polar surface area (TPSA) is 47.6 Å². The number of carbonyl (C=O) groups excluding carboxylic acids is 1. The van der Waals surface area contributed by atoms with Gasteiger partial charge in [0.05, 0.1) is 16.6 Å². The van der Waals surface area contributed by atoms with Gasteiger partial charge in [-0.25, -0.2) is 4.39 Å². The molecule has 1 N–H and O–H groups in total. The van der Waals surface area contributed by atoms with Gasteiger partial charge in [-0.3, -0.25) is 4.79 Å². The third-order valence-corrected chi connectivity index (χ3v) is 5.07. The number of ether oxygens (including phenoxy) is 2. The summed E-state index contributed by atoms with van der Waals surface area (Å²) in [5.41, 5.74) is 0.897. The molecule has 2 aromatic carbocycles. The molecule has 1 aliphatic rings. The lowest BCUT2D eigenvalue weighted by molar-refractivity contribution is -0.121. The average molecular weight is 426 g/mol. The van der Waals surface area contributed by atoms with Crippen molar-refractivity contribution in [2.75, 3.05) is 13.2 Å². The number of rotatable bonds is 6. The molecule has 1 unspecified atom stereocenters. The molecule has 0 aromatic heterocycles. The minimum Gasteiger partial charge on any atom is -0.486 e. The van der Waals surface area contributed by atoms with Crippen LogP contribution in [0.15, 0.2) is 30.3 Å². The highest BCUT2D eigenvalue weighted by molar-refractivity contribution is 6.39. The predicted octanol–water partition coefficient (Wildman–Crippen LogP) is 5.49. The first kappa shape index (κ1) is 20.7. The number of carbonyl (C=O) groups is 1. The normalized spacial score (nSPS) is 15.6. The van der Waals surface area contributed by atoms with Crippen LogP contribution in [0.5, 0.6) is 11.5 Å². The van der Waals surface area contributed by atoms with Crippen molar-refractivity contribution in [3.05, 3.63) is 46.2 Å². The van der Waals surface area contributed by atoms with Crippen LogP contribution in [0, 0.1) is 11.7 Å². The second kappa shape index (κ2) is 9.01. The van der Waals surface area contributed by atoms with Crippen molar-refractivity contribution in [2.24, 2.45) is 5.92 Å². The van der Waals surface area contributed by atoms with Crippen LogP contribution in [0.25, 0.3) is 11.1 Å². The standard InChI is InChI=1S/C21H22Cl2FNO3/c1-12(2)6-7-19(26)25-10-14-11-27-18-9-13(24)8-15(21(18)28-14)20-16(22)4-3-5-17(20)23/h3-5,8-9,12,14H,6-7,10-11H2,1-2H3,(H,25,26). The Balaban J connectivity index is 1.80. The molecule has 1 amide bonds. The minimum absolute atomic E-state index is 0.0309. The highest BCUT2D eigenvalue weighted by atomic mass is 35.5. The number of hydrogen-bond acceptors (Lipinski definition) is 3. The van der Waals surface area contributed by atoms with E-state index >= 15 is 0 Å². The van der Waals surface area contributed by atoms with Gasteiger partial charge < -0.3 is 14.8 Å². The molecule has 0 radical (unpaired) electrons. The maximum absolute atomic E-state index is 14.1. The highest BCUT2D eigenvalue weighted by Gasteiger charge is 2.27. The highest BCUT2D eigenvalue weighted by Crippen LogP contribution is 2.46. The van der Waals surface area contributed by atoms with Crippen LogP contribution < -0.4 is 14.8 Å². The fraction of sp³-hybridized carbons (Fsp3) is 0.381. The summed E-state index contributed by atoms with van der Waals surface area (Å²) in [5, 5.41) is 3.63. The summed E-state index contributed by atoms with van der Waals surface area (Å²) in [5.74, 6) is 0.604. The number of halogens is 3. The molecule has 1 atom stereocenters. The van der Waals surface area contributed by atoms with Crippen LogP contribution in [0.4, 0.5) is 4.39 Å². The Morgan fingerprint density at radius 1 is 1.29 bits per heavy atom. The summed E-state index contributed by atoms with van der Waals surface area (Å²) < 4.78 is 25.8. The van der Waals surface area contributed by atoms with Crippen LogP contribution in [0.1, 0.15) is 26.7 Å². The fourth-order valence-electron chi connectivity index (χ4n) is 2.96. The summed E-state index contributed by atoms with van der Waals surface area (Å²) in [7, 11) is 0. The first-order valence-electron chi connectivity index (χ1n) is 9.19. The van der Waals surface area contributed by atoms with E-state index in [4.69, 9.17) is 32.7 Å².